The first-order valence-electron chi connectivity index (χ1n) is 8.64. The van der Waals surface area contributed by atoms with Gasteiger partial charge in [0.2, 0.25) is 5.78 Å². The van der Waals surface area contributed by atoms with Crippen LogP contribution in [-0.2, 0) is 6.54 Å². The minimum absolute atomic E-state index is 0.0939. The number of H-pyrrole nitrogens is 1. The molecule has 0 aliphatic heterocycles. The molecule has 8 heteroatoms. The van der Waals surface area contributed by atoms with Gasteiger partial charge in [0.05, 0.1) is 11.8 Å². The van der Waals surface area contributed by atoms with Crippen LogP contribution in [0.2, 0.25) is 0 Å². The van der Waals surface area contributed by atoms with Gasteiger partial charge in [0.25, 0.3) is 5.56 Å². The monoisotopic (exact) mass is 339 g/mol. The van der Waals surface area contributed by atoms with Crippen LogP contribution in [0.25, 0.3) is 28.3 Å². The molecular weight excluding hydrogens is 318 g/mol. The lowest BCUT2D eigenvalue weighted by Crippen LogP contribution is -2.23. The third kappa shape index (κ3) is 2.36. The average molecular weight is 339 g/mol. The van der Waals surface area contributed by atoms with Gasteiger partial charge >= 0.3 is 0 Å². The summed E-state index contributed by atoms with van der Waals surface area (Å²) < 4.78 is 5.46. The summed E-state index contributed by atoms with van der Waals surface area (Å²) in [6, 6.07) is 0.320. The van der Waals surface area contributed by atoms with Gasteiger partial charge in [-0.25, -0.2) is 9.97 Å². The lowest BCUT2D eigenvalue weighted by Gasteiger charge is -2.07. The van der Waals surface area contributed by atoms with Crippen molar-refractivity contribution in [3.63, 3.8) is 0 Å². The van der Waals surface area contributed by atoms with Gasteiger partial charge in [-0.2, -0.15) is 5.10 Å². The Labute approximate surface area is 144 Å². The highest BCUT2D eigenvalue weighted by atomic mass is 16.1. The van der Waals surface area contributed by atoms with E-state index in [4.69, 9.17) is 0 Å². The predicted molar refractivity (Wildman–Crippen MR) is 95.6 cm³/mol. The van der Waals surface area contributed by atoms with Crippen molar-refractivity contribution in [1.29, 1.82) is 0 Å². The Hall–Kier alpha value is -2.90. The summed E-state index contributed by atoms with van der Waals surface area (Å²) in [5.41, 5.74) is 1.86. The highest BCUT2D eigenvalue weighted by Crippen LogP contribution is 2.21. The molecule has 1 N–H and O–H groups in total. The van der Waals surface area contributed by atoms with Crippen molar-refractivity contribution in [3.05, 3.63) is 35.1 Å². The maximum Gasteiger partial charge on any atom is 0.280 e. The second-order valence-corrected chi connectivity index (χ2v) is 6.30. The topological polar surface area (TPSA) is 85.8 Å². The van der Waals surface area contributed by atoms with Crippen molar-refractivity contribution >= 4 is 16.9 Å². The van der Waals surface area contributed by atoms with E-state index in [9.17, 15) is 4.79 Å². The molecule has 25 heavy (non-hydrogen) atoms. The van der Waals surface area contributed by atoms with Crippen LogP contribution in [0.5, 0.6) is 0 Å². The number of aryl methyl sites for hydroxylation is 1. The summed E-state index contributed by atoms with van der Waals surface area (Å²) in [5.74, 6) is 1.26. The quantitative estimate of drug-likeness (QED) is 0.605. The molecule has 130 valence electrons. The number of aromatic nitrogens is 7. The van der Waals surface area contributed by atoms with Gasteiger partial charge in [0, 0.05) is 31.2 Å². The van der Waals surface area contributed by atoms with Gasteiger partial charge < -0.3 is 4.98 Å². The number of aromatic amines is 1. The first-order chi connectivity index (χ1) is 12.1. The number of hydrogen-bond acceptors (Lipinski definition) is 4. The lowest BCUT2D eigenvalue weighted by molar-refractivity contribution is 0.478. The Balaban J connectivity index is 1.92. The third-order valence-electron chi connectivity index (χ3n) is 4.60. The summed E-state index contributed by atoms with van der Waals surface area (Å²) in [4.78, 5) is 25.0. The molecule has 1 atom stereocenters. The van der Waals surface area contributed by atoms with Gasteiger partial charge in [-0.3, -0.25) is 18.4 Å². The minimum Gasteiger partial charge on any atom is -0.332 e. The standard InChI is InChI=1S/C17H21N7O/c1-4-7-23-16(25)13-15(22-8-6-18-17(22)23)21-14(20-13)12-9-19-24(10-12)11(3)5-2/h6,8-11H,4-5,7H2,1-3H3,(H,20,21). The van der Waals surface area contributed by atoms with Crippen molar-refractivity contribution in [3.8, 4) is 11.4 Å². The first-order valence-corrected chi connectivity index (χ1v) is 8.64. The molecule has 0 fully saturated rings. The molecule has 0 aliphatic carbocycles. The molecule has 4 rings (SSSR count). The molecule has 8 nitrogen and oxygen atoms in total. The Bertz CT molecular complexity index is 1100. The molecule has 0 saturated heterocycles. The Morgan fingerprint density at radius 3 is 2.92 bits per heavy atom. The van der Waals surface area contributed by atoms with E-state index < -0.39 is 0 Å². The maximum atomic E-state index is 12.9. The highest BCUT2D eigenvalue weighted by Gasteiger charge is 2.17. The van der Waals surface area contributed by atoms with Gasteiger partial charge in [-0.1, -0.05) is 13.8 Å². The van der Waals surface area contributed by atoms with Gasteiger partial charge in [-0.15, -0.1) is 0 Å². The predicted octanol–water partition coefficient (Wildman–Crippen LogP) is 2.62. The van der Waals surface area contributed by atoms with Crippen LogP contribution in [0.3, 0.4) is 0 Å². The normalized spacial score (nSPS) is 13.1. The van der Waals surface area contributed by atoms with Crippen molar-refractivity contribution < 1.29 is 0 Å². The highest BCUT2D eigenvalue weighted by molar-refractivity contribution is 5.77. The molecule has 0 aromatic carbocycles. The van der Waals surface area contributed by atoms with Crippen LogP contribution in [0.1, 0.15) is 39.7 Å². The van der Waals surface area contributed by atoms with E-state index >= 15 is 0 Å². The smallest absolute Gasteiger partial charge is 0.280 e. The SMILES string of the molecule is CCCn1c(=O)c2[nH]c(-c3cnn(C(C)CC)c3)nc2n2ccnc12. The van der Waals surface area contributed by atoms with Crippen LogP contribution in [-0.4, -0.2) is 33.7 Å². The molecule has 0 bridgehead atoms. The average Bonchev–Trinajstić information content (AvgIpc) is 3.35. The van der Waals surface area contributed by atoms with Gasteiger partial charge in [0.1, 0.15) is 5.82 Å². The zero-order valence-electron chi connectivity index (χ0n) is 14.6. The molecule has 0 saturated carbocycles. The zero-order chi connectivity index (χ0) is 17.6. The second kappa shape index (κ2) is 5.87. The fourth-order valence-electron chi connectivity index (χ4n) is 3.02. The molecule has 0 aliphatic rings. The van der Waals surface area contributed by atoms with Crippen LogP contribution in [0.15, 0.2) is 29.6 Å². The fourth-order valence-corrected chi connectivity index (χ4v) is 3.02. The number of nitrogens with one attached hydrogen (secondary N) is 1. The summed E-state index contributed by atoms with van der Waals surface area (Å²) in [6.07, 6.45) is 9.11. The molecule has 0 amide bonds. The number of imidazole rings is 2. The van der Waals surface area contributed by atoms with Crippen LogP contribution >= 0.6 is 0 Å². The van der Waals surface area contributed by atoms with Crippen LogP contribution < -0.4 is 5.56 Å². The minimum atomic E-state index is -0.0939. The first kappa shape index (κ1) is 15.6. The Kier molecular flexibility index (Phi) is 3.67. The maximum absolute atomic E-state index is 12.9. The Morgan fingerprint density at radius 1 is 1.32 bits per heavy atom. The summed E-state index contributed by atoms with van der Waals surface area (Å²) in [7, 11) is 0. The largest absolute Gasteiger partial charge is 0.332 e. The van der Waals surface area contributed by atoms with Crippen molar-refractivity contribution in [2.45, 2.75) is 46.2 Å². The number of hydrogen-bond donors (Lipinski definition) is 1. The van der Waals surface area contributed by atoms with Crippen LogP contribution in [0, 0.1) is 0 Å². The third-order valence-corrected chi connectivity index (χ3v) is 4.60. The molecule has 1 unspecified atom stereocenters. The van der Waals surface area contributed by atoms with Crippen molar-refractivity contribution in [1.82, 2.24) is 33.7 Å². The number of rotatable bonds is 5. The summed E-state index contributed by atoms with van der Waals surface area (Å²) in [5, 5.41) is 4.41. The molecule has 4 heterocycles. The van der Waals surface area contributed by atoms with E-state index in [2.05, 4.69) is 33.9 Å². The summed E-state index contributed by atoms with van der Waals surface area (Å²) >= 11 is 0. The lowest BCUT2D eigenvalue weighted by atomic mass is 10.3. The molecule has 4 aromatic rings. The van der Waals surface area contributed by atoms with E-state index in [0.29, 0.717) is 35.4 Å². The van der Waals surface area contributed by atoms with E-state index in [1.54, 1.807) is 17.0 Å². The Morgan fingerprint density at radius 2 is 2.16 bits per heavy atom. The molecule has 4 aromatic heterocycles. The van der Waals surface area contributed by atoms with Crippen LogP contribution in [0.4, 0.5) is 0 Å². The number of fused-ring (bicyclic) bond motifs is 3. The van der Waals surface area contributed by atoms with E-state index in [-0.39, 0.29) is 5.56 Å². The second-order valence-electron chi connectivity index (χ2n) is 6.30. The molecule has 0 spiro atoms. The number of nitrogens with zero attached hydrogens (tertiary/aromatic N) is 6. The molecular formula is C17H21N7O. The van der Waals surface area contributed by atoms with E-state index in [1.807, 2.05) is 28.4 Å². The fraction of sp³-hybridized carbons (Fsp3) is 0.412. The van der Waals surface area contributed by atoms with E-state index in [1.165, 1.54) is 0 Å². The van der Waals surface area contributed by atoms with Crippen molar-refractivity contribution in [2.24, 2.45) is 0 Å². The molecule has 0 radical (unpaired) electrons. The van der Waals surface area contributed by atoms with Crippen molar-refractivity contribution in [2.75, 3.05) is 0 Å². The van der Waals surface area contributed by atoms with Gasteiger partial charge in [-0.05, 0) is 19.8 Å². The zero-order valence-corrected chi connectivity index (χ0v) is 14.6. The van der Waals surface area contributed by atoms with Gasteiger partial charge in [0.15, 0.2) is 11.2 Å². The summed E-state index contributed by atoms with van der Waals surface area (Å²) in [6.45, 7) is 6.90. The van der Waals surface area contributed by atoms with E-state index in [0.717, 1.165) is 18.4 Å².